The Labute approximate surface area is 173 Å². The van der Waals surface area contributed by atoms with Crippen molar-refractivity contribution in [1.82, 2.24) is 10.2 Å². The summed E-state index contributed by atoms with van der Waals surface area (Å²) >= 11 is 1.23. The van der Waals surface area contributed by atoms with Gasteiger partial charge in [-0.25, -0.2) is 9.18 Å². The maximum Gasteiger partial charge on any atom is 0.340 e. The highest BCUT2D eigenvalue weighted by Crippen LogP contribution is 2.24. The molecular weight excluding hydrogens is 395 g/mol. The molecule has 0 aliphatic carbocycles. The van der Waals surface area contributed by atoms with Gasteiger partial charge in [-0.2, -0.15) is 0 Å². The molecule has 0 heterocycles. The highest BCUT2D eigenvalue weighted by molar-refractivity contribution is 8.00. The summed E-state index contributed by atoms with van der Waals surface area (Å²) in [4.78, 5) is 38.6. The first-order valence-corrected chi connectivity index (χ1v) is 9.91. The van der Waals surface area contributed by atoms with Crippen LogP contribution in [-0.2, 0) is 20.9 Å². The Balaban J connectivity index is 1.93. The van der Waals surface area contributed by atoms with Gasteiger partial charge < -0.3 is 15.0 Å². The van der Waals surface area contributed by atoms with Crippen molar-refractivity contribution in [2.75, 3.05) is 19.8 Å². The number of hydrogen-bond acceptors (Lipinski definition) is 5. The van der Waals surface area contributed by atoms with E-state index in [2.05, 4.69) is 5.32 Å². The molecule has 0 radical (unpaired) electrons. The first-order valence-electron chi connectivity index (χ1n) is 8.93. The van der Waals surface area contributed by atoms with Gasteiger partial charge in [0, 0.05) is 25.5 Å². The molecule has 0 spiro atoms. The van der Waals surface area contributed by atoms with Gasteiger partial charge in [0.2, 0.25) is 5.91 Å². The molecule has 0 saturated heterocycles. The molecule has 0 aromatic heterocycles. The fraction of sp³-hybridized carbons (Fsp3) is 0.286. The SMILES string of the molecule is C[C@@H](OC(=O)c1ccccc1SCC(=O)N(C)C)C(=O)NCc1ccc(F)cc1. The van der Waals surface area contributed by atoms with Crippen molar-refractivity contribution in [2.24, 2.45) is 0 Å². The van der Waals surface area contributed by atoms with Crippen LogP contribution in [0.4, 0.5) is 4.39 Å². The molecule has 0 unspecified atom stereocenters. The summed E-state index contributed by atoms with van der Waals surface area (Å²) in [7, 11) is 3.32. The number of amides is 2. The predicted octanol–water partition coefficient (Wildman–Crippen LogP) is 2.87. The number of nitrogens with zero attached hydrogens (tertiary/aromatic N) is 1. The fourth-order valence-corrected chi connectivity index (χ4v) is 3.26. The highest BCUT2D eigenvalue weighted by atomic mass is 32.2. The lowest BCUT2D eigenvalue weighted by Crippen LogP contribution is -2.35. The summed E-state index contributed by atoms with van der Waals surface area (Å²) in [6.45, 7) is 1.67. The van der Waals surface area contributed by atoms with E-state index in [1.807, 2.05) is 0 Å². The van der Waals surface area contributed by atoms with E-state index in [0.717, 1.165) is 5.56 Å². The Bertz CT molecular complexity index is 871. The monoisotopic (exact) mass is 418 g/mol. The first kappa shape index (κ1) is 22.4. The van der Waals surface area contributed by atoms with Gasteiger partial charge in [-0.15, -0.1) is 11.8 Å². The minimum Gasteiger partial charge on any atom is -0.449 e. The molecule has 1 N–H and O–H groups in total. The molecule has 2 rings (SSSR count). The van der Waals surface area contributed by atoms with Crippen LogP contribution < -0.4 is 5.32 Å². The number of esters is 1. The lowest BCUT2D eigenvalue weighted by atomic mass is 10.2. The molecule has 0 aliphatic heterocycles. The average molecular weight is 418 g/mol. The summed E-state index contributed by atoms with van der Waals surface area (Å²) in [5, 5.41) is 2.65. The number of ether oxygens (including phenoxy) is 1. The molecule has 29 heavy (non-hydrogen) atoms. The smallest absolute Gasteiger partial charge is 0.340 e. The zero-order valence-electron chi connectivity index (χ0n) is 16.5. The van der Waals surface area contributed by atoms with Crippen molar-refractivity contribution in [3.63, 3.8) is 0 Å². The number of benzene rings is 2. The molecule has 0 aliphatic rings. The van der Waals surface area contributed by atoms with Gasteiger partial charge in [0.1, 0.15) is 5.82 Å². The first-order chi connectivity index (χ1) is 13.8. The van der Waals surface area contributed by atoms with E-state index < -0.39 is 18.0 Å². The van der Waals surface area contributed by atoms with Crippen molar-refractivity contribution >= 4 is 29.5 Å². The lowest BCUT2D eigenvalue weighted by molar-refractivity contribution is -0.129. The molecule has 8 heteroatoms. The highest BCUT2D eigenvalue weighted by Gasteiger charge is 2.21. The van der Waals surface area contributed by atoms with Crippen molar-refractivity contribution in [3.8, 4) is 0 Å². The van der Waals surface area contributed by atoms with E-state index in [4.69, 9.17) is 4.74 Å². The minimum absolute atomic E-state index is 0.0771. The standard InChI is InChI=1S/C21H23FN2O4S/c1-14(20(26)23-12-15-8-10-16(22)11-9-15)28-21(27)17-6-4-5-7-18(17)29-13-19(25)24(2)3/h4-11,14H,12-13H2,1-3H3,(H,23,26)/t14-/m1/s1. The Kier molecular flexibility index (Phi) is 8.21. The third-order valence-corrected chi connectivity index (χ3v) is 5.05. The third kappa shape index (κ3) is 6.90. The quantitative estimate of drug-likeness (QED) is 0.527. The molecular formula is C21H23FN2O4S. The Morgan fingerprint density at radius 2 is 1.76 bits per heavy atom. The molecule has 0 bridgehead atoms. The normalized spacial score (nSPS) is 11.4. The maximum absolute atomic E-state index is 12.9. The van der Waals surface area contributed by atoms with Crippen molar-refractivity contribution in [1.29, 1.82) is 0 Å². The van der Waals surface area contributed by atoms with Crippen LogP contribution in [0.25, 0.3) is 0 Å². The summed E-state index contributed by atoms with van der Waals surface area (Å²) in [6, 6.07) is 12.5. The second-order valence-electron chi connectivity index (χ2n) is 6.46. The van der Waals surface area contributed by atoms with E-state index in [-0.39, 0.29) is 24.0 Å². The zero-order chi connectivity index (χ0) is 21.4. The summed E-state index contributed by atoms with van der Waals surface area (Å²) in [5.74, 6) is -1.35. The molecule has 6 nitrogen and oxygen atoms in total. The maximum atomic E-state index is 12.9. The van der Waals surface area contributed by atoms with Gasteiger partial charge in [-0.3, -0.25) is 9.59 Å². The van der Waals surface area contributed by atoms with Crippen LogP contribution in [-0.4, -0.2) is 48.6 Å². The average Bonchev–Trinajstić information content (AvgIpc) is 2.71. The Morgan fingerprint density at radius 3 is 2.41 bits per heavy atom. The van der Waals surface area contributed by atoms with Crippen LogP contribution in [0.1, 0.15) is 22.8 Å². The fourth-order valence-electron chi connectivity index (χ4n) is 2.24. The van der Waals surface area contributed by atoms with Gasteiger partial charge >= 0.3 is 5.97 Å². The molecule has 0 saturated carbocycles. The van der Waals surface area contributed by atoms with Crippen molar-refractivity contribution in [3.05, 3.63) is 65.5 Å². The van der Waals surface area contributed by atoms with Gasteiger partial charge in [-0.05, 0) is 36.8 Å². The van der Waals surface area contributed by atoms with Crippen LogP contribution >= 0.6 is 11.8 Å². The van der Waals surface area contributed by atoms with Crippen molar-refractivity contribution in [2.45, 2.75) is 24.5 Å². The second kappa shape index (κ2) is 10.6. The summed E-state index contributed by atoms with van der Waals surface area (Å²) < 4.78 is 18.2. The number of carbonyl (C=O) groups excluding carboxylic acids is 3. The number of thioether (sulfide) groups is 1. The zero-order valence-corrected chi connectivity index (χ0v) is 17.3. The number of carbonyl (C=O) groups is 3. The molecule has 154 valence electrons. The van der Waals surface area contributed by atoms with Crippen LogP contribution in [0.2, 0.25) is 0 Å². The van der Waals surface area contributed by atoms with Gasteiger partial charge in [-0.1, -0.05) is 24.3 Å². The van der Waals surface area contributed by atoms with Crippen LogP contribution in [0, 0.1) is 5.82 Å². The summed E-state index contributed by atoms with van der Waals surface area (Å²) in [6.07, 6.45) is -1.01. The molecule has 2 aromatic rings. The topological polar surface area (TPSA) is 75.7 Å². The van der Waals surface area contributed by atoms with E-state index in [0.29, 0.717) is 10.5 Å². The number of rotatable bonds is 8. The van der Waals surface area contributed by atoms with Crippen LogP contribution in [0.5, 0.6) is 0 Å². The number of hydrogen-bond donors (Lipinski definition) is 1. The van der Waals surface area contributed by atoms with Gasteiger partial charge in [0.05, 0.1) is 11.3 Å². The van der Waals surface area contributed by atoms with Crippen molar-refractivity contribution < 1.29 is 23.5 Å². The number of nitrogens with one attached hydrogen (secondary N) is 1. The van der Waals surface area contributed by atoms with Gasteiger partial charge in [0.25, 0.3) is 5.91 Å². The second-order valence-corrected chi connectivity index (χ2v) is 7.48. The number of halogens is 1. The van der Waals surface area contributed by atoms with E-state index in [9.17, 15) is 18.8 Å². The Hall–Kier alpha value is -2.87. The Morgan fingerprint density at radius 1 is 1.10 bits per heavy atom. The van der Waals surface area contributed by atoms with Crippen LogP contribution in [0.15, 0.2) is 53.4 Å². The third-order valence-electron chi connectivity index (χ3n) is 3.99. The molecule has 2 aromatic carbocycles. The summed E-state index contributed by atoms with van der Waals surface area (Å²) in [5.41, 5.74) is 1.02. The van der Waals surface area contributed by atoms with E-state index in [1.165, 1.54) is 35.7 Å². The molecule has 0 fully saturated rings. The molecule has 1 atom stereocenters. The van der Waals surface area contributed by atoms with Gasteiger partial charge in [0.15, 0.2) is 6.10 Å². The van der Waals surface area contributed by atoms with Crippen LogP contribution in [0.3, 0.4) is 0 Å². The lowest BCUT2D eigenvalue weighted by Gasteiger charge is -2.15. The van der Waals surface area contributed by atoms with E-state index >= 15 is 0 Å². The van der Waals surface area contributed by atoms with E-state index in [1.54, 1.807) is 50.5 Å². The minimum atomic E-state index is -1.01. The largest absolute Gasteiger partial charge is 0.449 e. The predicted molar refractivity (Wildman–Crippen MR) is 109 cm³/mol. The molecule has 2 amide bonds.